The summed E-state index contributed by atoms with van der Waals surface area (Å²) in [7, 11) is 0. The number of carboxylic acid groups (broad SMARTS) is 1. The lowest BCUT2D eigenvalue weighted by atomic mass is 9.93. The first-order valence-electron chi connectivity index (χ1n) is 8.13. The quantitative estimate of drug-likeness (QED) is 0.879. The molecule has 2 N–H and O–H groups in total. The van der Waals surface area contributed by atoms with Crippen LogP contribution in [0.3, 0.4) is 0 Å². The third-order valence-corrected chi connectivity index (χ3v) is 4.64. The van der Waals surface area contributed by atoms with Gasteiger partial charge < -0.3 is 10.4 Å². The number of amides is 1. The number of hydrogen-bond donors (Lipinski definition) is 2. The zero-order chi connectivity index (χ0) is 18.0. The topological polar surface area (TPSA) is 90.2 Å². The molecule has 0 aromatic heterocycles. The van der Waals surface area contributed by atoms with E-state index < -0.39 is 23.8 Å². The van der Waals surface area contributed by atoms with Gasteiger partial charge in [-0.3, -0.25) is 4.79 Å². The molecular formula is C20H18N2O3. The maximum Gasteiger partial charge on any atom is 0.326 e. The summed E-state index contributed by atoms with van der Waals surface area (Å²) < 4.78 is 0. The van der Waals surface area contributed by atoms with E-state index in [9.17, 15) is 14.7 Å². The van der Waals surface area contributed by atoms with Gasteiger partial charge in [0.2, 0.25) is 5.91 Å². The average Bonchev–Trinajstić information content (AvgIpc) is 2.94. The highest BCUT2D eigenvalue weighted by atomic mass is 16.4. The summed E-state index contributed by atoms with van der Waals surface area (Å²) in [5, 5.41) is 20.9. The van der Waals surface area contributed by atoms with E-state index in [-0.39, 0.29) is 12.3 Å². The molecule has 0 radical (unpaired) electrons. The minimum Gasteiger partial charge on any atom is -0.480 e. The van der Waals surface area contributed by atoms with Gasteiger partial charge in [0.1, 0.15) is 6.04 Å². The highest BCUT2D eigenvalue weighted by molar-refractivity contribution is 5.97. The number of hydrogen-bond acceptors (Lipinski definition) is 3. The Hall–Kier alpha value is -3.13. The SMILES string of the molecule is C[C@@H](CC#N)[C@@H](NC(=O)C1c2ccccc2-c2ccccc21)C(=O)O. The summed E-state index contributed by atoms with van der Waals surface area (Å²) in [6, 6.07) is 16.2. The second kappa shape index (κ2) is 6.78. The molecule has 2 atom stereocenters. The molecular weight excluding hydrogens is 316 g/mol. The molecule has 0 unspecified atom stereocenters. The number of nitriles is 1. The Kier molecular flexibility index (Phi) is 4.53. The zero-order valence-electron chi connectivity index (χ0n) is 13.8. The molecule has 3 rings (SSSR count). The number of carbonyl (C=O) groups is 2. The number of fused-ring (bicyclic) bond motifs is 3. The zero-order valence-corrected chi connectivity index (χ0v) is 13.8. The van der Waals surface area contributed by atoms with Crippen molar-refractivity contribution in [1.29, 1.82) is 5.26 Å². The molecule has 0 aliphatic heterocycles. The van der Waals surface area contributed by atoms with Gasteiger partial charge in [-0.2, -0.15) is 5.26 Å². The summed E-state index contributed by atoms with van der Waals surface area (Å²) in [5.41, 5.74) is 3.74. The van der Waals surface area contributed by atoms with Crippen molar-refractivity contribution in [2.45, 2.75) is 25.3 Å². The fourth-order valence-corrected chi connectivity index (χ4v) is 3.38. The van der Waals surface area contributed by atoms with E-state index in [4.69, 9.17) is 5.26 Å². The lowest BCUT2D eigenvalue weighted by Gasteiger charge is -2.22. The van der Waals surface area contributed by atoms with Crippen LogP contribution in [-0.4, -0.2) is 23.0 Å². The van der Waals surface area contributed by atoms with Gasteiger partial charge in [0, 0.05) is 12.3 Å². The van der Waals surface area contributed by atoms with Crippen LogP contribution in [0.1, 0.15) is 30.4 Å². The van der Waals surface area contributed by atoms with E-state index in [1.165, 1.54) is 0 Å². The number of carbonyl (C=O) groups excluding carboxylic acids is 1. The molecule has 0 saturated carbocycles. The van der Waals surface area contributed by atoms with Gasteiger partial charge in [0.05, 0.1) is 12.0 Å². The fourth-order valence-electron chi connectivity index (χ4n) is 3.38. The van der Waals surface area contributed by atoms with Gasteiger partial charge >= 0.3 is 5.97 Å². The summed E-state index contributed by atoms with van der Waals surface area (Å²) >= 11 is 0. The number of carboxylic acids is 1. The van der Waals surface area contributed by atoms with Crippen LogP contribution in [0.5, 0.6) is 0 Å². The van der Waals surface area contributed by atoms with E-state index in [2.05, 4.69) is 5.32 Å². The molecule has 5 nitrogen and oxygen atoms in total. The molecule has 1 aliphatic rings. The Morgan fingerprint density at radius 2 is 1.64 bits per heavy atom. The van der Waals surface area contributed by atoms with E-state index in [0.717, 1.165) is 22.3 Å². The van der Waals surface area contributed by atoms with Crippen LogP contribution in [0.25, 0.3) is 11.1 Å². The maximum atomic E-state index is 12.9. The average molecular weight is 334 g/mol. The minimum atomic E-state index is -1.13. The van der Waals surface area contributed by atoms with Gasteiger partial charge in [0.25, 0.3) is 0 Å². The number of nitrogens with one attached hydrogen (secondary N) is 1. The van der Waals surface area contributed by atoms with Crippen molar-refractivity contribution < 1.29 is 14.7 Å². The Bertz CT molecular complexity index is 824. The summed E-state index contributed by atoms with van der Waals surface area (Å²) in [4.78, 5) is 24.5. The minimum absolute atomic E-state index is 0.0646. The van der Waals surface area contributed by atoms with E-state index in [0.29, 0.717) is 0 Å². The van der Waals surface area contributed by atoms with E-state index in [1.807, 2.05) is 54.6 Å². The standard InChI is InChI=1S/C20H18N2O3/c1-12(10-11-21)18(20(24)25)22-19(23)17-15-8-4-2-6-13(15)14-7-3-5-9-16(14)17/h2-9,12,17-18H,10H2,1H3,(H,22,23)(H,24,25)/t12-,18+/m0/s1. The van der Waals surface area contributed by atoms with Crippen molar-refractivity contribution in [2.75, 3.05) is 0 Å². The van der Waals surface area contributed by atoms with Gasteiger partial charge in [-0.15, -0.1) is 0 Å². The molecule has 126 valence electrons. The van der Waals surface area contributed by atoms with Crippen LogP contribution in [-0.2, 0) is 9.59 Å². The number of benzene rings is 2. The number of aliphatic carboxylic acids is 1. The molecule has 0 fully saturated rings. The first-order valence-corrected chi connectivity index (χ1v) is 8.13. The van der Waals surface area contributed by atoms with Crippen molar-refractivity contribution in [3.05, 3.63) is 59.7 Å². The molecule has 1 amide bonds. The highest BCUT2D eigenvalue weighted by Gasteiger charge is 2.36. The Morgan fingerprint density at radius 3 is 2.12 bits per heavy atom. The normalized spacial score (nSPS) is 14.7. The monoisotopic (exact) mass is 334 g/mol. The molecule has 0 heterocycles. The van der Waals surface area contributed by atoms with Crippen LogP contribution in [0, 0.1) is 17.2 Å². The molecule has 5 heteroatoms. The lowest BCUT2D eigenvalue weighted by Crippen LogP contribution is -2.46. The molecule has 25 heavy (non-hydrogen) atoms. The van der Waals surface area contributed by atoms with Gasteiger partial charge in [-0.25, -0.2) is 4.79 Å². The van der Waals surface area contributed by atoms with Crippen LogP contribution in [0.2, 0.25) is 0 Å². The number of nitrogens with zero attached hydrogens (tertiary/aromatic N) is 1. The van der Waals surface area contributed by atoms with Crippen molar-refractivity contribution in [3.8, 4) is 17.2 Å². The molecule has 2 aromatic rings. The van der Waals surface area contributed by atoms with Crippen LogP contribution >= 0.6 is 0 Å². The van der Waals surface area contributed by atoms with Gasteiger partial charge in [-0.1, -0.05) is 55.5 Å². The summed E-state index contributed by atoms with van der Waals surface area (Å²) in [6.07, 6.45) is 0.0646. The third kappa shape index (κ3) is 2.99. The Morgan fingerprint density at radius 1 is 1.12 bits per heavy atom. The first-order chi connectivity index (χ1) is 12.0. The summed E-state index contributed by atoms with van der Waals surface area (Å²) in [6.45, 7) is 1.65. The first kappa shape index (κ1) is 16.7. The van der Waals surface area contributed by atoms with Crippen LogP contribution < -0.4 is 5.32 Å². The highest BCUT2D eigenvalue weighted by Crippen LogP contribution is 2.44. The molecule has 0 saturated heterocycles. The molecule has 0 bridgehead atoms. The van der Waals surface area contributed by atoms with Crippen LogP contribution in [0.4, 0.5) is 0 Å². The van der Waals surface area contributed by atoms with Crippen molar-refractivity contribution in [1.82, 2.24) is 5.32 Å². The molecule has 0 spiro atoms. The largest absolute Gasteiger partial charge is 0.480 e. The molecule has 1 aliphatic carbocycles. The lowest BCUT2D eigenvalue weighted by molar-refractivity contribution is -0.143. The molecule has 2 aromatic carbocycles. The smallest absolute Gasteiger partial charge is 0.326 e. The summed E-state index contributed by atoms with van der Waals surface area (Å²) in [5.74, 6) is -2.49. The Labute approximate surface area is 145 Å². The van der Waals surface area contributed by atoms with Crippen molar-refractivity contribution >= 4 is 11.9 Å². The van der Waals surface area contributed by atoms with Gasteiger partial charge in [-0.05, 0) is 22.3 Å². The Balaban J connectivity index is 1.95. The van der Waals surface area contributed by atoms with E-state index >= 15 is 0 Å². The second-order valence-electron chi connectivity index (χ2n) is 6.27. The van der Waals surface area contributed by atoms with Gasteiger partial charge in [0.15, 0.2) is 0 Å². The number of rotatable bonds is 5. The second-order valence-corrected chi connectivity index (χ2v) is 6.27. The fraction of sp³-hybridized carbons (Fsp3) is 0.250. The van der Waals surface area contributed by atoms with Crippen molar-refractivity contribution in [3.63, 3.8) is 0 Å². The third-order valence-electron chi connectivity index (χ3n) is 4.64. The predicted molar refractivity (Wildman–Crippen MR) is 92.7 cm³/mol. The van der Waals surface area contributed by atoms with Crippen LogP contribution in [0.15, 0.2) is 48.5 Å². The maximum absolute atomic E-state index is 12.9. The van der Waals surface area contributed by atoms with Crippen molar-refractivity contribution in [2.24, 2.45) is 5.92 Å². The van der Waals surface area contributed by atoms with E-state index in [1.54, 1.807) is 6.92 Å². The predicted octanol–water partition coefficient (Wildman–Crippen LogP) is 2.92.